The fourth-order valence-electron chi connectivity index (χ4n) is 3.06. The average molecular weight is 318 g/mol. The smallest absolute Gasteiger partial charge is 0.259 e. The molecule has 0 saturated carbocycles. The number of aromatic nitrogens is 1. The number of methoxy groups -OCH3 is 1. The Morgan fingerprint density at radius 3 is 3.04 bits per heavy atom. The van der Waals surface area contributed by atoms with Crippen molar-refractivity contribution in [2.75, 3.05) is 13.7 Å². The van der Waals surface area contributed by atoms with Crippen LogP contribution in [0.3, 0.4) is 0 Å². The molecule has 0 N–H and O–H groups in total. The first-order chi connectivity index (χ1) is 11.2. The van der Waals surface area contributed by atoms with Crippen LogP contribution in [0.25, 0.3) is 0 Å². The number of ether oxygens (including phenoxy) is 1. The van der Waals surface area contributed by atoms with Crippen molar-refractivity contribution in [2.24, 2.45) is 0 Å². The van der Waals surface area contributed by atoms with Crippen LogP contribution in [0.2, 0.25) is 0 Å². The molecule has 23 heavy (non-hydrogen) atoms. The van der Waals surface area contributed by atoms with Crippen molar-refractivity contribution >= 4 is 5.91 Å². The number of hydrogen-bond donors (Lipinski definition) is 0. The number of carbonyl (C=O) groups is 1. The molecule has 6 heteroatoms. The molecule has 1 aliphatic heterocycles. The van der Waals surface area contributed by atoms with Crippen molar-refractivity contribution in [3.63, 3.8) is 0 Å². The molecule has 1 atom stereocenters. The predicted octanol–water partition coefficient (Wildman–Crippen LogP) is 3.34. The van der Waals surface area contributed by atoms with Gasteiger partial charge in [0.2, 0.25) is 0 Å². The molecule has 1 amide bonds. The van der Waals surface area contributed by atoms with Gasteiger partial charge in [0.15, 0.2) is 0 Å². The van der Waals surface area contributed by atoms with Gasteiger partial charge in [0.05, 0.1) is 12.6 Å². The van der Waals surface area contributed by atoms with Crippen LogP contribution in [0.15, 0.2) is 27.3 Å². The van der Waals surface area contributed by atoms with Gasteiger partial charge >= 0.3 is 0 Å². The van der Waals surface area contributed by atoms with Crippen molar-refractivity contribution in [3.8, 4) is 0 Å². The average Bonchev–Trinajstić information content (AvgIpc) is 3.23. The molecule has 3 rings (SSSR count). The van der Waals surface area contributed by atoms with Gasteiger partial charge in [-0.15, -0.1) is 0 Å². The Morgan fingerprint density at radius 2 is 2.30 bits per heavy atom. The van der Waals surface area contributed by atoms with Gasteiger partial charge in [0.1, 0.15) is 29.0 Å². The zero-order valence-corrected chi connectivity index (χ0v) is 13.6. The van der Waals surface area contributed by atoms with Crippen LogP contribution in [-0.4, -0.2) is 29.6 Å². The third-order valence-corrected chi connectivity index (χ3v) is 4.28. The Hall–Kier alpha value is -2.08. The van der Waals surface area contributed by atoms with Crippen molar-refractivity contribution in [1.82, 2.24) is 10.1 Å². The Kier molecular flexibility index (Phi) is 4.81. The van der Waals surface area contributed by atoms with Gasteiger partial charge in [0, 0.05) is 20.1 Å². The summed E-state index contributed by atoms with van der Waals surface area (Å²) in [6.45, 7) is 3.03. The van der Waals surface area contributed by atoms with Gasteiger partial charge in [-0.05, 0) is 31.4 Å². The first kappa shape index (κ1) is 15.8. The highest BCUT2D eigenvalue weighted by atomic mass is 16.5. The maximum absolute atomic E-state index is 12.9. The number of likely N-dealkylation sites (tertiary alicyclic amines) is 1. The van der Waals surface area contributed by atoms with E-state index in [0.29, 0.717) is 17.8 Å². The molecule has 1 saturated heterocycles. The molecular weight excluding hydrogens is 296 g/mol. The van der Waals surface area contributed by atoms with Crippen LogP contribution in [0, 0.1) is 0 Å². The number of carbonyl (C=O) groups excluding carboxylic acids is 1. The highest BCUT2D eigenvalue weighted by Crippen LogP contribution is 2.33. The molecule has 1 fully saturated rings. The minimum absolute atomic E-state index is 0.0261. The monoisotopic (exact) mass is 318 g/mol. The summed E-state index contributed by atoms with van der Waals surface area (Å²) in [5.74, 6) is 1.74. The number of nitrogens with zero attached hydrogens (tertiary/aromatic N) is 2. The number of piperidine rings is 1. The fraction of sp³-hybridized carbons (Fsp3) is 0.529. The minimum atomic E-state index is -0.0718. The summed E-state index contributed by atoms with van der Waals surface area (Å²) in [6, 6.07) is 3.95. The summed E-state index contributed by atoms with van der Waals surface area (Å²) in [5.41, 5.74) is 1.01. The first-order valence-corrected chi connectivity index (χ1v) is 8.06. The van der Waals surface area contributed by atoms with E-state index < -0.39 is 0 Å². The lowest BCUT2D eigenvalue weighted by molar-refractivity contribution is 0.0574. The van der Waals surface area contributed by atoms with Gasteiger partial charge in [-0.3, -0.25) is 4.79 Å². The largest absolute Gasteiger partial charge is 0.464 e. The molecule has 124 valence electrons. The Labute approximate surface area is 135 Å². The van der Waals surface area contributed by atoms with E-state index in [9.17, 15) is 4.79 Å². The molecule has 2 aromatic rings. The van der Waals surface area contributed by atoms with E-state index in [1.807, 2.05) is 17.0 Å². The molecule has 2 aromatic heterocycles. The highest BCUT2D eigenvalue weighted by Gasteiger charge is 2.32. The maximum atomic E-state index is 12.9. The minimum Gasteiger partial charge on any atom is -0.464 e. The lowest BCUT2D eigenvalue weighted by atomic mass is 9.99. The van der Waals surface area contributed by atoms with Gasteiger partial charge in [-0.1, -0.05) is 12.1 Å². The molecule has 0 radical (unpaired) electrons. The standard InChI is InChI=1S/C17H22N2O4/c1-3-12-7-8-16(23-12)15-6-4-5-9-19(15)17(20)13-10-22-18-14(13)11-21-2/h7-8,10,15H,3-6,9,11H2,1-2H3/t15-/m0/s1. The summed E-state index contributed by atoms with van der Waals surface area (Å²) in [5, 5.41) is 3.87. The van der Waals surface area contributed by atoms with Gasteiger partial charge in [0.25, 0.3) is 5.91 Å². The molecular formula is C17H22N2O4. The SMILES string of the molecule is CCc1ccc([C@@H]2CCCCN2C(=O)c2conc2COC)o1. The quantitative estimate of drug-likeness (QED) is 0.845. The molecule has 6 nitrogen and oxygen atoms in total. The molecule has 0 bridgehead atoms. The Morgan fingerprint density at radius 1 is 1.43 bits per heavy atom. The van der Waals surface area contributed by atoms with E-state index >= 15 is 0 Å². The van der Waals surface area contributed by atoms with Gasteiger partial charge < -0.3 is 18.6 Å². The number of rotatable bonds is 5. The van der Waals surface area contributed by atoms with E-state index in [1.54, 1.807) is 7.11 Å². The van der Waals surface area contributed by atoms with E-state index in [4.69, 9.17) is 13.7 Å². The lowest BCUT2D eigenvalue weighted by Gasteiger charge is -2.34. The van der Waals surface area contributed by atoms with Crippen LogP contribution in [0.5, 0.6) is 0 Å². The van der Waals surface area contributed by atoms with Crippen LogP contribution in [0.4, 0.5) is 0 Å². The zero-order valence-electron chi connectivity index (χ0n) is 13.6. The maximum Gasteiger partial charge on any atom is 0.259 e. The van der Waals surface area contributed by atoms with Gasteiger partial charge in [-0.2, -0.15) is 0 Å². The van der Waals surface area contributed by atoms with Crippen molar-refractivity contribution in [3.05, 3.63) is 41.2 Å². The van der Waals surface area contributed by atoms with Crippen LogP contribution >= 0.6 is 0 Å². The second-order valence-electron chi connectivity index (χ2n) is 5.78. The fourth-order valence-corrected chi connectivity index (χ4v) is 3.06. The Bertz CT molecular complexity index is 661. The molecule has 0 spiro atoms. The van der Waals surface area contributed by atoms with E-state index in [0.717, 1.165) is 37.2 Å². The third kappa shape index (κ3) is 3.17. The molecule has 0 aromatic carbocycles. The number of amides is 1. The normalized spacial score (nSPS) is 18.3. The molecule has 0 unspecified atom stereocenters. The number of aryl methyl sites for hydroxylation is 1. The Balaban J connectivity index is 1.85. The molecule has 1 aliphatic rings. The summed E-state index contributed by atoms with van der Waals surface area (Å²) >= 11 is 0. The van der Waals surface area contributed by atoms with Crippen LogP contribution in [0.1, 0.15) is 59.8 Å². The summed E-state index contributed by atoms with van der Waals surface area (Å²) in [6.07, 6.45) is 5.25. The third-order valence-electron chi connectivity index (χ3n) is 4.28. The lowest BCUT2D eigenvalue weighted by Crippen LogP contribution is -2.38. The molecule has 0 aliphatic carbocycles. The van der Waals surface area contributed by atoms with Crippen molar-refractivity contribution in [2.45, 2.75) is 45.3 Å². The topological polar surface area (TPSA) is 68.7 Å². The first-order valence-electron chi connectivity index (χ1n) is 8.06. The summed E-state index contributed by atoms with van der Waals surface area (Å²) < 4.78 is 15.9. The molecule has 3 heterocycles. The van der Waals surface area contributed by atoms with Crippen LogP contribution < -0.4 is 0 Å². The summed E-state index contributed by atoms with van der Waals surface area (Å²) in [7, 11) is 1.57. The van der Waals surface area contributed by atoms with E-state index in [-0.39, 0.29) is 18.6 Å². The van der Waals surface area contributed by atoms with Crippen molar-refractivity contribution in [1.29, 1.82) is 0 Å². The summed E-state index contributed by atoms with van der Waals surface area (Å²) in [4.78, 5) is 14.8. The number of hydrogen-bond acceptors (Lipinski definition) is 5. The zero-order chi connectivity index (χ0) is 16.2. The van der Waals surface area contributed by atoms with E-state index in [2.05, 4.69) is 12.1 Å². The second kappa shape index (κ2) is 7.00. The van der Waals surface area contributed by atoms with Gasteiger partial charge in [-0.25, -0.2) is 0 Å². The van der Waals surface area contributed by atoms with Crippen molar-refractivity contribution < 1.29 is 18.5 Å². The second-order valence-corrected chi connectivity index (χ2v) is 5.78. The van der Waals surface area contributed by atoms with E-state index in [1.165, 1.54) is 6.26 Å². The number of furan rings is 1. The predicted molar refractivity (Wildman–Crippen MR) is 82.9 cm³/mol. The highest BCUT2D eigenvalue weighted by molar-refractivity contribution is 5.95. The van der Waals surface area contributed by atoms with Crippen LogP contribution in [-0.2, 0) is 17.8 Å².